The maximum atomic E-state index is 12.4. The zero-order valence-corrected chi connectivity index (χ0v) is 15.0. The molecule has 0 radical (unpaired) electrons. The molecular formula is C20H27N3O. The third-order valence-electron chi connectivity index (χ3n) is 4.25. The number of benzene rings is 1. The minimum absolute atomic E-state index is 0.0991. The molecule has 0 unspecified atom stereocenters. The summed E-state index contributed by atoms with van der Waals surface area (Å²) in [6, 6.07) is 10.2. The van der Waals surface area contributed by atoms with Crippen molar-refractivity contribution >= 4 is 11.6 Å². The summed E-state index contributed by atoms with van der Waals surface area (Å²) in [5.74, 6) is 0.522. The van der Waals surface area contributed by atoms with Gasteiger partial charge in [0.05, 0.1) is 6.54 Å². The van der Waals surface area contributed by atoms with Gasteiger partial charge in [0.2, 0.25) is 5.91 Å². The van der Waals surface area contributed by atoms with Gasteiger partial charge in [-0.05, 0) is 48.1 Å². The largest absolute Gasteiger partial charge is 0.376 e. The number of para-hydroxylation sites is 1. The summed E-state index contributed by atoms with van der Waals surface area (Å²) in [6.07, 6.45) is 4.40. The van der Waals surface area contributed by atoms with Gasteiger partial charge in [-0.1, -0.05) is 32.0 Å². The summed E-state index contributed by atoms with van der Waals surface area (Å²) in [6.45, 7) is 7.43. The number of hydrogen-bond donors (Lipinski definition) is 1. The van der Waals surface area contributed by atoms with E-state index >= 15 is 0 Å². The molecule has 128 valence electrons. The highest BCUT2D eigenvalue weighted by Crippen LogP contribution is 2.27. The molecule has 4 nitrogen and oxygen atoms in total. The van der Waals surface area contributed by atoms with E-state index in [4.69, 9.17) is 0 Å². The summed E-state index contributed by atoms with van der Waals surface area (Å²) in [7, 11) is 1.85. The molecule has 0 aliphatic rings. The molecule has 24 heavy (non-hydrogen) atoms. The van der Waals surface area contributed by atoms with Gasteiger partial charge in [0.15, 0.2) is 0 Å². The summed E-state index contributed by atoms with van der Waals surface area (Å²) < 4.78 is 0. The van der Waals surface area contributed by atoms with E-state index in [1.54, 1.807) is 17.3 Å². The number of anilines is 1. The van der Waals surface area contributed by atoms with Gasteiger partial charge in [0.1, 0.15) is 0 Å². The van der Waals surface area contributed by atoms with Crippen LogP contribution in [0.3, 0.4) is 0 Å². The second kappa shape index (κ2) is 8.48. The van der Waals surface area contributed by atoms with Gasteiger partial charge in [-0.2, -0.15) is 0 Å². The van der Waals surface area contributed by atoms with E-state index in [2.05, 4.69) is 49.3 Å². The van der Waals surface area contributed by atoms with Crippen molar-refractivity contribution < 1.29 is 4.79 Å². The molecule has 0 spiro atoms. The third kappa shape index (κ3) is 4.82. The normalized spacial score (nSPS) is 10.7. The molecule has 1 heterocycles. The number of nitrogens with one attached hydrogen (secondary N) is 1. The fourth-order valence-corrected chi connectivity index (χ4v) is 2.68. The van der Waals surface area contributed by atoms with Crippen LogP contribution in [0.4, 0.5) is 5.69 Å². The molecule has 2 rings (SSSR count). The van der Waals surface area contributed by atoms with Crippen molar-refractivity contribution in [3.63, 3.8) is 0 Å². The first-order valence-corrected chi connectivity index (χ1v) is 8.45. The third-order valence-corrected chi connectivity index (χ3v) is 4.25. The van der Waals surface area contributed by atoms with E-state index in [0.29, 0.717) is 19.0 Å². The highest BCUT2D eigenvalue weighted by atomic mass is 16.2. The molecule has 4 heteroatoms. The number of aryl methyl sites for hydroxylation is 1. The Bertz CT molecular complexity index is 668. The Hall–Kier alpha value is -2.36. The zero-order valence-electron chi connectivity index (χ0n) is 15.0. The Labute approximate surface area is 144 Å². The summed E-state index contributed by atoms with van der Waals surface area (Å²) >= 11 is 0. The number of hydrogen-bond acceptors (Lipinski definition) is 3. The highest BCUT2D eigenvalue weighted by molar-refractivity contribution is 5.81. The molecule has 1 aromatic heterocycles. The van der Waals surface area contributed by atoms with Gasteiger partial charge in [-0.3, -0.25) is 9.78 Å². The number of aromatic nitrogens is 1. The van der Waals surface area contributed by atoms with Gasteiger partial charge >= 0.3 is 0 Å². The predicted molar refractivity (Wildman–Crippen MR) is 99.3 cm³/mol. The molecule has 0 aliphatic carbocycles. The highest BCUT2D eigenvalue weighted by Gasteiger charge is 2.12. The van der Waals surface area contributed by atoms with E-state index in [1.165, 1.54) is 16.7 Å². The van der Waals surface area contributed by atoms with E-state index in [9.17, 15) is 4.79 Å². The number of amides is 1. The standard InChI is InChI=1S/C20H27N3O/c1-15(2)18-7-5-6-16(3)20(18)22-14-19(24)23(4)13-10-17-8-11-21-12-9-17/h5-9,11-12,15,22H,10,13-14H2,1-4H3. The summed E-state index contributed by atoms with van der Waals surface area (Å²) in [4.78, 5) is 18.2. The molecule has 0 saturated heterocycles. The number of likely N-dealkylation sites (N-methyl/N-ethyl adjacent to an activating group) is 1. The maximum Gasteiger partial charge on any atom is 0.241 e. The fourth-order valence-electron chi connectivity index (χ4n) is 2.68. The monoisotopic (exact) mass is 325 g/mol. The molecule has 1 N–H and O–H groups in total. The number of pyridine rings is 1. The minimum Gasteiger partial charge on any atom is -0.376 e. The van der Waals surface area contributed by atoms with Crippen molar-refractivity contribution in [2.24, 2.45) is 0 Å². The van der Waals surface area contributed by atoms with Gasteiger partial charge in [-0.25, -0.2) is 0 Å². The van der Waals surface area contributed by atoms with Crippen LogP contribution < -0.4 is 5.32 Å². The summed E-state index contributed by atoms with van der Waals surface area (Å²) in [5, 5.41) is 3.34. The smallest absolute Gasteiger partial charge is 0.241 e. The van der Waals surface area contributed by atoms with Gasteiger partial charge in [0, 0.05) is 31.7 Å². The number of carbonyl (C=O) groups excluding carboxylic acids is 1. The van der Waals surface area contributed by atoms with Crippen molar-refractivity contribution in [2.45, 2.75) is 33.1 Å². The van der Waals surface area contributed by atoms with Gasteiger partial charge in [0.25, 0.3) is 0 Å². The van der Waals surface area contributed by atoms with Crippen LogP contribution in [0.25, 0.3) is 0 Å². The lowest BCUT2D eigenvalue weighted by Crippen LogP contribution is -2.34. The first-order chi connectivity index (χ1) is 11.5. The average molecular weight is 325 g/mol. The molecule has 1 aromatic carbocycles. The minimum atomic E-state index is 0.0991. The van der Waals surface area contributed by atoms with Crippen molar-refractivity contribution in [1.29, 1.82) is 0 Å². The van der Waals surface area contributed by atoms with E-state index < -0.39 is 0 Å². The van der Waals surface area contributed by atoms with Crippen LogP contribution in [0, 0.1) is 6.92 Å². The Morgan fingerprint density at radius 3 is 2.58 bits per heavy atom. The first kappa shape index (κ1) is 18.0. The SMILES string of the molecule is Cc1cccc(C(C)C)c1NCC(=O)N(C)CCc1ccncc1. The second-order valence-electron chi connectivity index (χ2n) is 6.47. The van der Waals surface area contributed by atoms with Crippen molar-refractivity contribution in [3.05, 3.63) is 59.4 Å². The lowest BCUT2D eigenvalue weighted by Gasteiger charge is -2.20. The first-order valence-electron chi connectivity index (χ1n) is 8.45. The predicted octanol–water partition coefficient (Wildman–Crippen LogP) is 3.63. The molecule has 0 atom stereocenters. The second-order valence-corrected chi connectivity index (χ2v) is 6.47. The molecule has 0 fully saturated rings. The van der Waals surface area contributed by atoms with Crippen molar-refractivity contribution in [3.8, 4) is 0 Å². The molecular weight excluding hydrogens is 298 g/mol. The topological polar surface area (TPSA) is 45.2 Å². The lowest BCUT2D eigenvalue weighted by atomic mass is 9.98. The molecule has 0 saturated carbocycles. The molecule has 0 aliphatic heterocycles. The van der Waals surface area contributed by atoms with Crippen LogP contribution in [0.1, 0.15) is 36.5 Å². The Morgan fingerprint density at radius 1 is 1.21 bits per heavy atom. The lowest BCUT2D eigenvalue weighted by molar-refractivity contribution is -0.127. The van der Waals surface area contributed by atoms with Crippen LogP contribution in [-0.2, 0) is 11.2 Å². The van der Waals surface area contributed by atoms with Crippen LogP contribution in [-0.4, -0.2) is 35.9 Å². The van der Waals surface area contributed by atoms with Crippen LogP contribution in [0.2, 0.25) is 0 Å². The Kier molecular flexibility index (Phi) is 6.36. The van der Waals surface area contributed by atoms with Crippen molar-refractivity contribution in [2.75, 3.05) is 25.5 Å². The molecule has 0 bridgehead atoms. The van der Waals surface area contributed by atoms with Crippen LogP contribution in [0.15, 0.2) is 42.7 Å². The van der Waals surface area contributed by atoms with Gasteiger partial charge < -0.3 is 10.2 Å². The fraction of sp³-hybridized carbons (Fsp3) is 0.400. The van der Waals surface area contributed by atoms with Crippen LogP contribution in [0.5, 0.6) is 0 Å². The van der Waals surface area contributed by atoms with Crippen LogP contribution >= 0.6 is 0 Å². The number of carbonyl (C=O) groups is 1. The van der Waals surface area contributed by atoms with E-state index in [0.717, 1.165) is 12.1 Å². The molecule has 1 amide bonds. The number of nitrogens with zero attached hydrogens (tertiary/aromatic N) is 2. The number of rotatable bonds is 7. The van der Waals surface area contributed by atoms with E-state index in [-0.39, 0.29) is 5.91 Å². The maximum absolute atomic E-state index is 12.4. The Balaban J connectivity index is 1.91. The Morgan fingerprint density at radius 2 is 1.92 bits per heavy atom. The average Bonchev–Trinajstić information content (AvgIpc) is 2.58. The van der Waals surface area contributed by atoms with Gasteiger partial charge in [-0.15, -0.1) is 0 Å². The van der Waals surface area contributed by atoms with E-state index in [1.807, 2.05) is 19.2 Å². The quantitative estimate of drug-likeness (QED) is 0.845. The molecule has 2 aromatic rings. The summed E-state index contributed by atoms with van der Waals surface area (Å²) in [5.41, 5.74) is 4.71. The zero-order chi connectivity index (χ0) is 17.5. The van der Waals surface area contributed by atoms with Crippen molar-refractivity contribution in [1.82, 2.24) is 9.88 Å².